The Balaban J connectivity index is 1.95. The first kappa shape index (κ1) is 10.3. The fourth-order valence-corrected chi connectivity index (χ4v) is 2.07. The molecule has 1 aliphatic carbocycles. The second kappa shape index (κ2) is 4.51. The van der Waals surface area contributed by atoms with E-state index in [2.05, 4.69) is 5.32 Å². The van der Waals surface area contributed by atoms with Crippen molar-refractivity contribution in [2.75, 3.05) is 0 Å². The molecule has 0 aromatic heterocycles. The Morgan fingerprint density at radius 3 is 2.87 bits per heavy atom. The lowest BCUT2D eigenvalue weighted by molar-refractivity contribution is -0.144. The minimum absolute atomic E-state index is 0.142. The Labute approximate surface area is 90.2 Å². The van der Waals surface area contributed by atoms with Crippen LogP contribution in [0.2, 0.25) is 0 Å². The maximum absolute atomic E-state index is 11.8. The summed E-state index contributed by atoms with van der Waals surface area (Å²) in [4.78, 5) is 11.8. The molecule has 0 atom stereocenters. The van der Waals surface area contributed by atoms with Crippen molar-refractivity contribution in [1.82, 2.24) is 5.32 Å². The van der Waals surface area contributed by atoms with Gasteiger partial charge in [-0.25, -0.2) is 4.79 Å². The van der Waals surface area contributed by atoms with Crippen LogP contribution < -0.4 is 5.32 Å². The molecule has 0 aromatic carbocycles. The van der Waals surface area contributed by atoms with Crippen molar-refractivity contribution in [3.05, 3.63) is 23.5 Å². The zero-order chi connectivity index (χ0) is 10.7. The van der Waals surface area contributed by atoms with E-state index >= 15 is 0 Å². The van der Waals surface area contributed by atoms with Crippen LogP contribution in [0.1, 0.15) is 39.0 Å². The van der Waals surface area contributed by atoms with Crippen LogP contribution >= 0.6 is 0 Å². The monoisotopic (exact) mass is 207 g/mol. The molecule has 1 heterocycles. The van der Waals surface area contributed by atoms with Gasteiger partial charge >= 0.3 is 5.97 Å². The van der Waals surface area contributed by atoms with E-state index < -0.39 is 0 Å². The van der Waals surface area contributed by atoms with Gasteiger partial charge in [0.25, 0.3) is 0 Å². The maximum Gasteiger partial charge on any atom is 0.336 e. The molecule has 0 spiro atoms. The van der Waals surface area contributed by atoms with Crippen molar-refractivity contribution < 1.29 is 9.53 Å². The van der Waals surface area contributed by atoms with Crippen LogP contribution in [0.15, 0.2) is 23.5 Å². The zero-order valence-corrected chi connectivity index (χ0v) is 9.08. The highest BCUT2D eigenvalue weighted by Gasteiger charge is 2.22. The predicted molar refractivity (Wildman–Crippen MR) is 57.9 cm³/mol. The fraction of sp³-hybridized carbons (Fsp3) is 0.583. The van der Waals surface area contributed by atoms with Crippen LogP contribution in [0.3, 0.4) is 0 Å². The quantitative estimate of drug-likeness (QED) is 0.706. The molecule has 1 saturated carbocycles. The average molecular weight is 207 g/mol. The third-order valence-corrected chi connectivity index (χ3v) is 3.01. The van der Waals surface area contributed by atoms with E-state index in [9.17, 15) is 4.79 Å². The first-order valence-corrected chi connectivity index (χ1v) is 5.59. The number of carbonyl (C=O) groups is 1. The SMILES string of the molecule is CC1=C(C(=O)OC2CCCC2)CC=CN1. The summed E-state index contributed by atoms with van der Waals surface area (Å²) in [6.07, 6.45) is 9.08. The molecule has 82 valence electrons. The van der Waals surface area contributed by atoms with E-state index in [-0.39, 0.29) is 12.1 Å². The fourth-order valence-electron chi connectivity index (χ4n) is 2.07. The van der Waals surface area contributed by atoms with Crippen molar-refractivity contribution in [3.8, 4) is 0 Å². The third kappa shape index (κ3) is 2.41. The van der Waals surface area contributed by atoms with Gasteiger partial charge in [0, 0.05) is 12.1 Å². The van der Waals surface area contributed by atoms with Crippen LogP contribution in [0.25, 0.3) is 0 Å². The van der Waals surface area contributed by atoms with Gasteiger partial charge in [0.2, 0.25) is 0 Å². The van der Waals surface area contributed by atoms with Crippen molar-refractivity contribution in [1.29, 1.82) is 0 Å². The first-order valence-electron chi connectivity index (χ1n) is 5.59. The van der Waals surface area contributed by atoms with E-state index in [0.717, 1.165) is 24.1 Å². The molecule has 1 N–H and O–H groups in total. The molecule has 2 aliphatic rings. The number of ether oxygens (including phenoxy) is 1. The molecule has 0 aromatic rings. The van der Waals surface area contributed by atoms with Crippen molar-refractivity contribution >= 4 is 5.97 Å². The Bertz CT molecular complexity index is 312. The van der Waals surface area contributed by atoms with Gasteiger partial charge in [0.15, 0.2) is 0 Å². The predicted octanol–water partition coefficient (Wildman–Crippen LogP) is 2.25. The number of hydrogen-bond donors (Lipinski definition) is 1. The standard InChI is InChI=1S/C12H17NO2/c1-9-11(7-4-8-13-9)12(14)15-10-5-2-3-6-10/h4,8,10,13H,2-3,5-7H2,1H3. The summed E-state index contributed by atoms with van der Waals surface area (Å²) in [5.74, 6) is -0.142. The Morgan fingerprint density at radius 1 is 1.47 bits per heavy atom. The lowest BCUT2D eigenvalue weighted by Crippen LogP contribution is -2.21. The van der Waals surface area contributed by atoms with Gasteiger partial charge in [-0.2, -0.15) is 0 Å². The summed E-state index contributed by atoms with van der Waals surface area (Å²) in [6, 6.07) is 0. The van der Waals surface area contributed by atoms with E-state index in [1.165, 1.54) is 12.8 Å². The minimum Gasteiger partial charge on any atom is -0.459 e. The molecule has 0 amide bonds. The van der Waals surface area contributed by atoms with E-state index in [0.29, 0.717) is 6.42 Å². The molecular weight excluding hydrogens is 190 g/mol. The smallest absolute Gasteiger partial charge is 0.336 e. The topological polar surface area (TPSA) is 38.3 Å². The summed E-state index contributed by atoms with van der Waals surface area (Å²) >= 11 is 0. The molecule has 0 unspecified atom stereocenters. The minimum atomic E-state index is -0.142. The molecule has 3 nitrogen and oxygen atoms in total. The molecule has 15 heavy (non-hydrogen) atoms. The zero-order valence-electron chi connectivity index (χ0n) is 9.08. The Hall–Kier alpha value is -1.25. The van der Waals surface area contributed by atoms with Crippen LogP contribution in [0.5, 0.6) is 0 Å². The molecule has 0 saturated heterocycles. The number of hydrogen-bond acceptors (Lipinski definition) is 3. The number of esters is 1. The van der Waals surface area contributed by atoms with Gasteiger partial charge in [-0.1, -0.05) is 6.08 Å². The first-order chi connectivity index (χ1) is 7.27. The second-order valence-corrected chi connectivity index (χ2v) is 4.17. The number of allylic oxidation sites excluding steroid dienone is 2. The largest absolute Gasteiger partial charge is 0.459 e. The summed E-state index contributed by atoms with van der Waals surface area (Å²) in [7, 11) is 0. The van der Waals surface area contributed by atoms with Gasteiger partial charge in [-0.3, -0.25) is 0 Å². The van der Waals surface area contributed by atoms with Gasteiger partial charge in [0.1, 0.15) is 6.10 Å². The van der Waals surface area contributed by atoms with Crippen LogP contribution in [-0.4, -0.2) is 12.1 Å². The molecule has 0 bridgehead atoms. The summed E-state index contributed by atoms with van der Waals surface area (Å²) in [5, 5.41) is 3.04. The molecule has 1 aliphatic heterocycles. The third-order valence-electron chi connectivity index (χ3n) is 3.01. The van der Waals surface area contributed by atoms with Gasteiger partial charge < -0.3 is 10.1 Å². The summed E-state index contributed by atoms with van der Waals surface area (Å²) in [5.41, 5.74) is 1.69. The molecule has 1 fully saturated rings. The van der Waals surface area contributed by atoms with Gasteiger partial charge in [-0.15, -0.1) is 0 Å². The van der Waals surface area contributed by atoms with Crippen LogP contribution in [0, 0.1) is 0 Å². The average Bonchev–Trinajstić information content (AvgIpc) is 2.71. The van der Waals surface area contributed by atoms with Crippen LogP contribution in [0.4, 0.5) is 0 Å². The highest BCUT2D eigenvalue weighted by Crippen LogP contribution is 2.23. The van der Waals surface area contributed by atoms with E-state index in [1.807, 2.05) is 19.2 Å². The summed E-state index contributed by atoms with van der Waals surface area (Å²) in [6.45, 7) is 1.91. The van der Waals surface area contributed by atoms with Crippen molar-refractivity contribution in [2.24, 2.45) is 0 Å². The molecule has 3 heteroatoms. The highest BCUT2D eigenvalue weighted by molar-refractivity contribution is 5.89. The van der Waals surface area contributed by atoms with E-state index in [4.69, 9.17) is 4.74 Å². The van der Waals surface area contributed by atoms with Gasteiger partial charge in [-0.05, 0) is 38.8 Å². The maximum atomic E-state index is 11.8. The molecular formula is C12H17NO2. The number of rotatable bonds is 2. The second-order valence-electron chi connectivity index (χ2n) is 4.17. The van der Waals surface area contributed by atoms with Crippen molar-refractivity contribution in [3.63, 3.8) is 0 Å². The Morgan fingerprint density at radius 2 is 2.20 bits per heavy atom. The lowest BCUT2D eigenvalue weighted by atomic mass is 10.1. The van der Waals surface area contributed by atoms with E-state index in [1.54, 1.807) is 0 Å². The number of dihydropyridines is 1. The van der Waals surface area contributed by atoms with Crippen LogP contribution in [-0.2, 0) is 9.53 Å². The number of carbonyl (C=O) groups excluding carboxylic acids is 1. The molecule has 2 rings (SSSR count). The normalized spacial score (nSPS) is 21.7. The summed E-state index contributed by atoms with van der Waals surface area (Å²) < 4.78 is 5.45. The van der Waals surface area contributed by atoms with Crippen molar-refractivity contribution in [2.45, 2.75) is 45.1 Å². The Kier molecular flexibility index (Phi) is 3.09. The van der Waals surface area contributed by atoms with Gasteiger partial charge in [0.05, 0.1) is 5.57 Å². The lowest BCUT2D eigenvalue weighted by Gasteiger charge is -2.16. The number of nitrogens with one attached hydrogen (secondary N) is 1. The molecule has 0 radical (unpaired) electrons. The highest BCUT2D eigenvalue weighted by atomic mass is 16.5.